The van der Waals surface area contributed by atoms with Crippen LogP contribution in [0.15, 0.2) is 48.7 Å². The molecule has 0 spiro atoms. The molecule has 0 aliphatic rings. The third-order valence-corrected chi connectivity index (χ3v) is 3.17. The van der Waals surface area contributed by atoms with Crippen molar-refractivity contribution in [1.29, 1.82) is 0 Å². The Labute approximate surface area is 133 Å². The summed E-state index contributed by atoms with van der Waals surface area (Å²) >= 11 is 0. The molecule has 1 aromatic heterocycles. The van der Waals surface area contributed by atoms with Gasteiger partial charge in [0.15, 0.2) is 5.82 Å². The molecule has 0 saturated carbocycles. The molecule has 3 aromatic rings. The summed E-state index contributed by atoms with van der Waals surface area (Å²) in [6.45, 7) is 4.06. The van der Waals surface area contributed by atoms with E-state index in [2.05, 4.69) is 31.9 Å². The van der Waals surface area contributed by atoms with E-state index in [-0.39, 0.29) is 11.8 Å². The number of benzene rings is 2. The molecule has 6 heteroatoms. The molecule has 0 bridgehead atoms. The second-order valence-electron chi connectivity index (χ2n) is 5.27. The predicted octanol–water partition coefficient (Wildman–Crippen LogP) is 4.11. The second kappa shape index (κ2) is 6.39. The van der Waals surface area contributed by atoms with Crippen molar-refractivity contribution in [2.24, 2.45) is 0 Å². The van der Waals surface area contributed by atoms with E-state index in [4.69, 9.17) is 0 Å². The van der Waals surface area contributed by atoms with E-state index in [0.29, 0.717) is 11.5 Å². The van der Waals surface area contributed by atoms with Crippen LogP contribution in [-0.2, 0) is 0 Å². The van der Waals surface area contributed by atoms with Crippen molar-refractivity contribution >= 4 is 23.1 Å². The minimum Gasteiger partial charge on any atom is -0.339 e. The molecular formula is C17H16FN5. The van der Waals surface area contributed by atoms with Crippen LogP contribution in [0.2, 0.25) is 0 Å². The Morgan fingerprint density at radius 2 is 1.70 bits per heavy atom. The number of anilines is 4. The van der Waals surface area contributed by atoms with Gasteiger partial charge in [-0.1, -0.05) is 18.2 Å². The lowest BCUT2D eigenvalue weighted by atomic mass is 10.1. The van der Waals surface area contributed by atoms with Gasteiger partial charge in [0.1, 0.15) is 5.82 Å². The van der Waals surface area contributed by atoms with Gasteiger partial charge in [-0.25, -0.2) is 4.39 Å². The molecule has 2 N–H and O–H groups in total. The largest absolute Gasteiger partial charge is 0.339 e. The number of hydrogen-bond donors (Lipinski definition) is 2. The van der Waals surface area contributed by atoms with Crippen LogP contribution in [0.1, 0.15) is 11.1 Å². The lowest BCUT2D eigenvalue weighted by molar-refractivity contribution is 0.631. The van der Waals surface area contributed by atoms with Crippen LogP contribution in [0, 0.1) is 19.7 Å². The molecule has 0 aliphatic carbocycles. The Balaban J connectivity index is 1.81. The van der Waals surface area contributed by atoms with Crippen LogP contribution < -0.4 is 10.6 Å². The maximum absolute atomic E-state index is 13.7. The average molecular weight is 309 g/mol. The fraction of sp³-hybridized carbons (Fsp3) is 0.118. The molecule has 116 valence electrons. The Morgan fingerprint density at radius 3 is 2.43 bits per heavy atom. The minimum atomic E-state index is -0.372. The minimum absolute atomic E-state index is 0.226. The van der Waals surface area contributed by atoms with Crippen molar-refractivity contribution in [3.8, 4) is 0 Å². The highest BCUT2D eigenvalue weighted by Gasteiger charge is 2.05. The molecule has 23 heavy (non-hydrogen) atoms. The Hall–Kier alpha value is -3.02. The van der Waals surface area contributed by atoms with Gasteiger partial charge in [0, 0.05) is 5.69 Å². The van der Waals surface area contributed by atoms with Gasteiger partial charge < -0.3 is 10.6 Å². The van der Waals surface area contributed by atoms with Gasteiger partial charge in [-0.2, -0.15) is 10.1 Å². The third kappa shape index (κ3) is 3.79. The molecule has 0 saturated heterocycles. The normalized spacial score (nSPS) is 10.4. The van der Waals surface area contributed by atoms with Gasteiger partial charge in [0.05, 0.1) is 11.9 Å². The zero-order chi connectivity index (χ0) is 16.2. The molecule has 0 amide bonds. The highest BCUT2D eigenvalue weighted by molar-refractivity contribution is 5.60. The summed E-state index contributed by atoms with van der Waals surface area (Å²) in [6.07, 6.45) is 1.52. The van der Waals surface area contributed by atoms with E-state index in [1.807, 2.05) is 26.0 Å². The van der Waals surface area contributed by atoms with E-state index in [1.165, 1.54) is 12.3 Å². The average Bonchev–Trinajstić information content (AvgIpc) is 2.49. The SMILES string of the molecule is Cc1cc(C)cc(Nc2cnnc(Nc3ccccc3F)n2)c1. The Bertz CT molecular complexity index is 814. The number of nitrogens with zero attached hydrogens (tertiary/aromatic N) is 3. The molecule has 0 aliphatic heterocycles. The van der Waals surface area contributed by atoms with Crippen molar-refractivity contribution in [3.05, 3.63) is 65.6 Å². The molecular weight excluding hydrogens is 293 g/mol. The Morgan fingerprint density at radius 1 is 0.957 bits per heavy atom. The predicted molar refractivity (Wildman–Crippen MR) is 88.7 cm³/mol. The highest BCUT2D eigenvalue weighted by Crippen LogP contribution is 2.20. The first-order valence-corrected chi connectivity index (χ1v) is 7.17. The topological polar surface area (TPSA) is 62.7 Å². The lowest BCUT2D eigenvalue weighted by Gasteiger charge is -2.09. The second-order valence-corrected chi connectivity index (χ2v) is 5.27. The number of rotatable bonds is 4. The third-order valence-electron chi connectivity index (χ3n) is 3.17. The van der Waals surface area contributed by atoms with E-state index in [0.717, 1.165) is 16.8 Å². The molecule has 0 atom stereocenters. The van der Waals surface area contributed by atoms with Crippen molar-refractivity contribution < 1.29 is 4.39 Å². The quantitative estimate of drug-likeness (QED) is 0.759. The van der Waals surface area contributed by atoms with Gasteiger partial charge in [0.25, 0.3) is 0 Å². The maximum atomic E-state index is 13.7. The van der Waals surface area contributed by atoms with Crippen molar-refractivity contribution in [1.82, 2.24) is 15.2 Å². The summed E-state index contributed by atoms with van der Waals surface area (Å²) in [7, 11) is 0. The van der Waals surface area contributed by atoms with Gasteiger partial charge in [-0.3, -0.25) is 0 Å². The maximum Gasteiger partial charge on any atom is 0.249 e. The van der Waals surface area contributed by atoms with Gasteiger partial charge in [-0.05, 0) is 49.2 Å². The smallest absolute Gasteiger partial charge is 0.249 e. The van der Waals surface area contributed by atoms with Crippen molar-refractivity contribution in [2.45, 2.75) is 13.8 Å². The van der Waals surface area contributed by atoms with Crippen molar-refractivity contribution in [3.63, 3.8) is 0 Å². The zero-order valence-electron chi connectivity index (χ0n) is 12.8. The van der Waals surface area contributed by atoms with Gasteiger partial charge in [-0.15, -0.1) is 5.10 Å². The number of aryl methyl sites for hydroxylation is 2. The molecule has 5 nitrogen and oxygen atoms in total. The fourth-order valence-electron chi connectivity index (χ4n) is 2.29. The first-order valence-electron chi connectivity index (χ1n) is 7.17. The summed E-state index contributed by atoms with van der Waals surface area (Å²) in [5, 5.41) is 13.8. The molecule has 1 heterocycles. The van der Waals surface area contributed by atoms with Crippen LogP contribution in [0.25, 0.3) is 0 Å². The van der Waals surface area contributed by atoms with Gasteiger partial charge in [0.2, 0.25) is 5.95 Å². The number of aromatic nitrogens is 3. The number of para-hydroxylation sites is 1. The van der Waals surface area contributed by atoms with Crippen LogP contribution in [0.4, 0.5) is 27.5 Å². The lowest BCUT2D eigenvalue weighted by Crippen LogP contribution is -2.03. The first kappa shape index (κ1) is 14.9. The fourth-order valence-corrected chi connectivity index (χ4v) is 2.29. The standard InChI is InChI=1S/C17H16FN5/c1-11-7-12(2)9-13(8-11)20-16-10-19-23-17(22-16)21-15-6-4-3-5-14(15)18/h3-10H,1-2H3,(H2,20,21,22,23). The van der Waals surface area contributed by atoms with Crippen molar-refractivity contribution in [2.75, 3.05) is 10.6 Å². The summed E-state index contributed by atoms with van der Waals surface area (Å²) in [6, 6.07) is 12.5. The molecule has 3 rings (SSSR count). The van der Waals surface area contributed by atoms with Crippen LogP contribution in [0.5, 0.6) is 0 Å². The molecule has 0 radical (unpaired) electrons. The van der Waals surface area contributed by atoms with Crippen LogP contribution >= 0.6 is 0 Å². The van der Waals surface area contributed by atoms with E-state index < -0.39 is 0 Å². The van der Waals surface area contributed by atoms with Crippen LogP contribution in [0.3, 0.4) is 0 Å². The first-order chi connectivity index (χ1) is 11.1. The highest BCUT2D eigenvalue weighted by atomic mass is 19.1. The van der Waals surface area contributed by atoms with E-state index >= 15 is 0 Å². The summed E-state index contributed by atoms with van der Waals surface area (Å²) in [5.41, 5.74) is 3.52. The zero-order valence-corrected chi connectivity index (χ0v) is 12.8. The molecule has 2 aromatic carbocycles. The number of nitrogens with one attached hydrogen (secondary N) is 2. The number of halogens is 1. The summed E-state index contributed by atoms with van der Waals surface area (Å²) in [5.74, 6) is 0.386. The van der Waals surface area contributed by atoms with E-state index in [1.54, 1.807) is 18.2 Å². The van der Waals surface area contributed by atoms with E-state index in [9.17, 15) is 4.39 Å². The molecule has 0 unspecified atom stereocenters. The van der Waals surface area contributed by atoms with Crippen LogP contribution in [-0.4, -0.2) is 15.2 Å². The van der Waals surface area contributed by atoms with Gasteiger partial charge >= 0.3 is 0 Å². The summed E-state index contributed by atoms with van der Waals surface area (Å²) in [4.78, 5) is 4.30. The Kier molecular flexibility index (Phi) is 4.14. The summed E-state index contributed by atoms with van der Waals surface area (Å²) < 4.78 is 13.7. The monoisotopic (exact) mass is 309 g/mol. The number of hydrogen-bond acceptors (Lipinski definition) is 5. The molecule has 0 fully saturated rings.